The second kappa shape index (κ2) is 8.14. The third kappa shape index (κ3) is 3.88. The van der Waals surface area contributed by atoms with Crippen LogP contribution in [0, 0.1) is 13.8 Å². The minimum atomic E-state index is 0.184. The first kappa shape index (κ1) is 19.9. The summed E-state index contributed by atoms with van der Waals surface area (Å²) in [5.41, 5.74) is 1.97. The van der Waals surface area contributed by atoms with Crippen molar-refractivity contribution in [1.29, 1.82) is 0 Å². The highest BCUT2D eigenvalue weighted by molar-refractivity contribution is 8.00. The van der Waals surface area contributed by atoms with Crippen LogP contribution in [-0.4, -0.2) is 48.6 Å². The van der Waals surface area contributed by atoms with E-state index in [1.54, 1.807) is 0 Å². The van der Waals surface area contributed by atoms with E-state index in [0.717, 1.165) is 45.8 Å². The first-order chi connectivity index (χ1) is 14.0. The Hall–Kier alpha value is -2.41. The van der Waals surface area contributed by atoms with E-state index in [1.165, 1.54) is 18.2 Å². The molecule has 0 N–H and O–H groups in total. The van der Waals surface area contributed by atoms with Gasteiger partial charge in [-0.3, -0.25) is 4.79 Å². The predicted octanol–water partition coefficient (Wildman–Crippen LogP) is 4.31. The molecule has 1 amide bonds. The quantitative estimate of drug-likeness (QED) is 0.601. The molecule has 29 heavy (non-hydrogen) atoms. The van der Waals surface area contributed by atoms with Crippen LogP contribution in [0.1, 0.15) is 44.5 Å². The zero-order chi connectivity index (χ0) is 20.5. The molecule has 3 heterocycles. The van der Waals surface area contributed by atoms with E-state index >= 15 is 0 Å². The SMILES string of the molecule is Cc1cc(C)n(-c2nnc(SCC(=O)N3[C@H](C)CCC[C@@H]3C)c3ccccc23)n1. The number of benzene rings is 1. The normalized spacial score (nSPS) is 19.7. The molecule has 6 nitrogen and oxygen atoms in total. The Balaban J connectivity index is 1.61. The average molecular weight is 410 g/mol. The van der Waals surface area contributed by atoms with Crippen molar-refractivity contribution in [3.8, 4) is 5.82 Å². The van der Waals surface area contributed by atoms with E-state index < -0.39 is 0 Å². The van der Waals surface area contributed by atoms with Crippen molar-refractivity contribution in [2.45, 2.75) is 64.1 Å². The van der Waals surface area contributed by atoms with Crippen LogP contribution in [-0.2, 0) is 4.79 Å². The van der Waals surface area contributed by atoms with E-state index in [-0.39, 0.29) is 5.91 Å². The lowest BCUT2D eigenvalue weighted by molar-refractivity contribution is -0.134. The highest BCUT2D eigenvalue weighted by Gasteiger charge is 2.29. The van der Waals surface area contributed by atoms with Gasteiger partial charge in [-0.2, -0.15) is 5.10 Å². The number of aryl methyl sites for hydroxylation is 2. The molecule has 152 valence electrons. The molecule has 2 aromatic heterocycles. The summed E-state index contributed by atoms with van der Waals surface area (Å²) >= 11 is 1.47. The number of amides is 1. The zero-order valence-electron chi connectivity index (χ0n) is 17.4. The van der Waals surface area contributed by atoms with E-state index in [1.807, 2.05) is 48.9 Å². The van der Waals surface area contributed by atoms with Gasteiger partial charge in [0.15, 0.2) is 5.82 Å². The van der Waals surface area contributed by atoms with Crippen LogP contribution in [0.25, 0.3) is 16.6 Å². The van der Waals surface area contributed by atoms with Crippen LogP contribution >= 0.6 is 11.8 Å². The molecular formula is C22H27N5OS. The molecule has 1 aliphatic heterocycles. The van der Waals surface area contributed by atoms with Crippen LogP contribution < -0.4 is 0 Å². The van der Waals surface area contributed by atoms with Crippen molar-refractivity contribution < 1.29 is 4.79 Å². The van der Waals surface area contributed by atoms with Gasteiger partial charge in [-0.1, -0.05) is 36.0 Å². The molecule has 0 saturated carbocycles. The van der Waals surface area contributed by atoms with E-state index in [0.29, 0.717) is 17.8 Å². The Morgan fingerprint density at radius 1 is 1.10 bits per heavy atom. The first-order valence-electron chi connectivity index (χ1n) is 10.2. The molecule has 2 atom stereocenters. The van der Waals surface area contributed by atoms with Gasteiger partial charge in [-0.15, -0.1) is 10.2 Å². The maximum atomic E-state index is 12.9. The number of nitrogens with zero attached hydrogens (tertiary/aromatic N) is 5. The van der Waals surface area contributed by atoms with Gasteiger partial charge in [0, 0.05) is 28.6 Å². The van der Waals surface area contributed by atoms with Crippen LogP contribution in [0.2, 0.25) is 0 Å². The standard InChI is InChI=1S/C22H27N5OS/c1-14-12-17(4)27(25-14)21-18-10-5-6-11-19(18)22(24-23-21)29-13-20(28)26-15(2)8-7-9-16(26)3/h5-6,10-12,15-16H,7-9,13H2,1-4H3/t15-,16+. The van der Waals surface area contributed by atoms with E-state index in [9.17, 15) is 4.79 Å². The Morgan fingerprint density at radius 2 is 1.79 bits per heavy atom. The van der Waals surface area contributed by atoms with Gasteiger partial charge in [-0.25, -0.2) is 4.68 Å². The van der Waals surface area contributed by atoms with Gasteiger partial charge in [-0.05, 0) is 53.0 Å². The number of aromatic nitrogens is 4. The Labute approximate surface area is 175 Å². The molecule has 0 bridgehead atoms. The lowest BCUT2D eigenvalue weighted by Crippen LogP contribution is -2.48. The molecule has 1 aliphatic rings. The third-order valence-corrected chi connectivity index (χ3v) is 6.62. The number of carbonyl (C=O) groups is 1. The molecule has 4 rings (SSSR count). The Kier molecular flexibility index (Phi) is 5.58. The minimum absolute atomic E-state index is 0.184. The van der Waals surface area contributed by atoms with Crippen LogP contribution in [0.5, 0.6) is 0 Å². The van der Waals surface area contributed by atoms with Crippen molar-refractivity contribution in [3.05, 3.63) is 41.7 Å². The van der Waals surface area contributed by atoms with Crippen molar-refractivity contribution in [3.63, 3.8) is 0 Å². The lowest BCUT2D eigenvalue weighted by Gasteiger charge is -2.39. The number of hydrogen-bond acceptors (Lipinski definition) is 5. The molecule has 1 saturated heterocycles. The summed E-state index contributed by atoms with van der Waals surface area (Å²) in [5.74, 6) is 1.29. The zero-order valence-corrected chi connectivity index (χ0v) is 18.2. The molecular weight excluding hydrogens is 382 g/mol. The molecule has 3 aromatic rings. The molecule has 0 radical (unpaired) electrons. The third-order valence-electron chi connectivity index (χ3n) is 5.66. The number of likely N-dealkylation sites (tertiary alicyclic amines) is 1. The topological polar surface area (TPSA) is 63.9 Å². The summed E-state index contributed by atoms with van der Waals surface area (Å²) < 4.78 is 1.83. The fourth-order valence-corrected chi connectivity index (χ4v) is 5.13. The molecule has 7 heteroatoms. The monoisotopic (exact) mass is 409 g/mol. The van der Waals surface area contributed by atoms with Gasteiger partial charge in [0.2, 0.25) is 5.91 Å². The second-order valence-corrected chi connectivity index (χ2v) is 8.90. The smallest absolute Gasteiger partial charge is 0.233 e. The minimum Gasteiger partial charge on any atom is -0.337 e. The summed E-state index contributed by atoms with van der Waals surface area (Å²) in [4.78, 5) is 15.0. The fraction of sp³-hybridized carbons (Fsp3) is 0.455. The number of thioether (sulfide) groups is 1. The van der Waals surface area contributed by atoms with Crippen LogP contribution in [0.4, 0.5) is 0 Å². The highest BCUT2D eigenvalue weighted by Crippen LogP contribution is 2.30. The molecule has 1 aromatic carbocycles. The number of fused-ring (bicyclic) bond motifs is 1. The maximum Gasteiger partial charge on any atom is 0.233 e. The lowest BCUT2D eigenvalue weighted by atomic mass is 9.98. The van der Waals surface area contributed by atoms with Crippen molar-refractivity contribution >= 4 is 28.4 Å². The Morgan fingerprint density at radius 3 is 2.45 bits per heavy atom. The second-order valence-electron chi connectivity index (χ2n) is 7.93. The predicted molar refractivity (Wildman–Crippen MR) is 116 cm³/mol. The van der Waals surface area contributed by atoms with Gasteiger partial charge in [0.1, 0.15) is 5.03 Å². The number of hydrogen-bond donors (Lipinski definition) is 0. The van der Waals surface area contributed by atoms with Gasteiger partial charge < -0.3 is 4.90 Å². The van der Waals surface area contributed by atoms with E-state index in [2.05, 4.69) is 34.0 Å². The maximum absolute atomic E-state index is 12.9. The van der Waals surface area contributed by atoms with E-state index in [4.69, 9.17) is 0 Å². The van der Waals surface area contributed by atoms with Gasteiger partial charge >= 0.3 is 0 Å². The molecule has 0 unspecified atom stereocenters. The number of carbonyl (C=O) groups excluding carboxylic acids is 1. The van der Waals surface area contributed by atoms with Crippen LogP contribution in [0.3, 0.4) is 0 Å². The first-order valence-corrected chi connectivity index (χ1v) is 11.2. The van der Waals surface area contributed by atoms with Crippen molar-refractivity contribution in [2.24, 2.45) is 0 Å². The fourth-order valence-electron chi connectivity index (χ4n) is 4.29. The average Bonchev–Trinajstić information content (AvgIpc) is 3.03. The highest BCUT2D eigenvalue weighted by atomic mass is 32.2. The molecule has 1 fully saturated rings. The largest absolute Gasteiger partial charge is 0.337 e. The molecule has 0 aliphatic carbocycles. The summed E-state index contributed by atoms with van der Waals surface area (Å²) in [6.07, 6.45) is 3.37. The molecule has 0 spiro atoms. The Bertz CT molecular complexity index is 1040. The summed E-state index contributed by atoms with van der Waals surface area (Å²) in [5, 5.41) is 16.3. The van der Waals surface area contributed by atoms with Crippen molar-refractivity contribution in [1.82, 2.24) is 24.9 Å². The summed E-state index contributed by atoms with van der Waals surface area (Å²) in [7, 11) is 0. The number of rotatable bonds is 4. The van der Waals surface area contributed by atoms with Gasteiger partial charge in [0.25, 0.3) is 0 Å². The van der Waals surface area contributed by atoms with Crippen LogP contribution in [0.15, 0.2) is 35.4 Å². The summed E-state index contributed by atoms with van der Waals surface area (Å²) in [6, 6.07) is 10.7. The van der Waals surface area contributed by atoms with Gasteiger partial charge in [0.05, 0.1) is 11.4 Å². The van der Waals surface area contributed by atoms with Crippen molar-refractivity contribution in [2.75, 3.05) is 5.75 Å². The number of piperidine rings is 1. The summed E-state index contributed by atoms with van der Waals surface area (Å²) in [6.45, 7) is 8.28.